The number of hydrogen-bond donors (Lipinski definition) is 1. The van der Waals surface area contributed by atoms with E-state index < -0.39 is 0 Å². The number of aromatic nitrogens is 3. The molecule has 0 bridgehead atoms. The first-order valence-corrected chi connectivity index (χ1v) is 7.47. The molecule has 0 aliphatic carbocycles. The van der Waals surface area contributed by atoms with E-state index >= 15 is 0 Å². The lowest BCUT2D eigenvalue weighted by atomic mass is 9.98. The van der Waals surface area contributed by atoms with Crippen molar-refractivity contribution in [3.05, 3.63) is 78.4 Å². The van der Waals surface area contributed by atoms with E-state index in [0.29, 0.717) is 0 Å². The molecule has 0 unspecified atom stereocenters. The van der Waals surface area contributed by atoms with Crippen molar-refractivity contribution in [2.45, 2.75) is 0 Å². The Balaban J connectivity index is 1.95. The molecule has 0 fully saturated rings. The Kier molecular flexibility index (Phi) is 2.46. The average molecular weight is 296 g/mol. The van der Waals surface area contributed by atoms with Crippen LogP contribution < -0.4 is 0 Å². The number of aromatic amines is 1. The molecule has 0 saturated heterocycles. The van der Waals surface area contributed by atoms with E-state index in [2.05, 4.69) is 33.2 Å². The van der Waals surface area contributed by atoms with Gasteiger partial charge >= 0.3 is 0 Å². The molecule has 4 heterocycles. The van der Waals surface area contributed by atoms with Crippen LogP contribution in [0, 0.1) is 0 Å². The molecule has 0 spiro atoms. The smallest absolute Gasteiger partial charge is 0.138 e. The number of rotatable bonds is 1. The van der Waals surface area contributed by atoms with Gasteiger partial charge in [0.1, 0.15) is 5.65 Å². The van der Waals surface area contributed by atoms with E-state index in [1.165, 1.54) is 0 Å². The maximum Gasteiger partial charge on any atom is 0.138 e. The first-order chi connectivity index (χ1) is 11.4. The lowest BCUT2D eigenvalue weighted by Gasteiger charge is -2.05. The Morgan fingerprint density at radius 1 is 0.783 bits per heavy atom. The summed E-state index contributed by atoms with van der Waals surface area (Å²) in [5.41, 5.74) is 7.22. The Hall–Kier alpha value is -3.27. The van der Waals surface area contributed by atoms with Gasteiger partial charge in [0.2, 0.25) is 0 Å². The highest BCUT2D eigenvalue weighted by Gasteiger charge is 2.21. The van der Waals surface area contributed by atoms with Crippen molar-refractivity contribution in [3.63, 3.8) is 0 Å². The van der Waals surface area contributed by atoms with Gasteiger partial charge in [-0.3, -0.25) is 4.98 Å². The lowest BCUT2D eigenvalue weighted by Crippen LogP contribution is -2.01. The van der Waals surface area contributed by atoms with Crippen molar-refractivity contribution in [2.24, 2.45) is 4.99 Å². The Bertz CT molecular complexity index is 1060. The number of hydrogen-bond acceptors (Lipinski definition) is 3. The number of nitrogens with zero attached hydrogens (tertiary/aromatic N) is 3. The maximum atomic E-state index is 4.96. The molecule has 0 radical (unpaired) electrons. The van der Waals surface area contributed by atoms with E-state index in [9.17, 15) is 0 Å². The van der Waals surface area contributed by atoms with Crippen molar-refractivity contribution >= 4 is 22.4 Å². The molecule has 0 amide bonds. The Labute approximate surface area is 132 Å². The van der Waals surface area contributed by atoms with Crippen LogP contribution in [-0.4, -0.2) is 20.7 Å². The molecule has 108 valence electrons. The van der Waals surface area contributed by atoms with E-state index in [4.69, 9.17) is 4.99 Å². The molecule has 1 aliphatic heterocycles. The molecule has 1 aromatic carbocycles. The summed E-state index contributed by atoms with van der Waals surface area (Å²) in [6.07, 6.45) is 7.42. The highest BCUT2D eigenvalue weighted by molar-refractivity contribution is 6.23. The van der Waals surface area contributed by atoms with E-state index in [-0.39, 0.29) is 0 Å². The molecule has 4 aromatic rings. The van der Waals surface area contributed by atoms with Gasteiger partial charge in [-0.1, -0.05) is 18.2 Å². The van der Waals surface area contributed by atoms with Crippen molar-refractivity contribution in [3.8, 4) is 11.1 Å². The molecule has 5 rings (SSSR count). The van der Waals surface area contributed by atoms with Gasteiger partial charge in [-0.2, -0.15) is 0 Å². The third kappa shape index (κ3) is 1.75. The summed E-state index contributed by atoms with van der Waals surface area (Å²) in [6.45, 7) is 0. The number of H-pyrrole nitrogens is 1. The normalized spacial score (nSPS) is 12.6. The third-order valence-electron chi connectivity index (χ3n) is 4.21. The fourth-order valence-corrected chi connectivity index (χ4v) is 3.18. The zero-order valence-electron chi connectivity index (χ0n) is 12.2. The van der Waals surface area contributed by atoms with Gasteiger partial charge in [-0.15, -0.1) is 0 Å². The maximum absolute atomic E-state index is 4.96. The number of aliphatic imine (C=N–C) groups is 1. The topological polar surface area (TPSA) is 53.9 Å². The highest BCUT2D eigenvalue weighted by Crippen LogP contribution is 2.40. The molecule has 0 atom stereocenters. The summed E-state index contributed by atoms with van der Waals surface area (Å²) in [5, 5.41) is 1.12. The SMILES string of the molecule is c1ccc2c(c1)N=C(c1ccncc1)c1c[nH]c3nccc-2c13. The van der Waals surface area contributed by atoms with Crippen LogP contribution in [0.4, 0.5) is 5.69 Å². The van der Waals surface area contributed by atoms with Crippen LogP contribution in [0.3, 0.4) is 0 Å². The van der Waals surface area contributed by atoms with Crippen LogP contribution in [0.15, 0.2) is 72.2 Å². The molecule has 4 nitrogen and oxygen atoms in total. The summed E-state index contributed by atoms with van der Waals surface area (Å²) in [7, 11) is 0. The van der Waals surface area contributed by atoms with E-state index in [1.807, 2.05) is 36.7 Å². The van der Waals surface area contributed by atoms with Gasteiger partial charge in [-0.25, -0.2) is 9.98 Å². The first-order valence-electron chi connectivity index (χ1n) is 7.47. The van der Waals surface area contributed by atoms with Crippen LogP contribution in [0.2, 0.25) is 0 Å². The summed E-state index contributed by atoms with van der Waals surface area (Å²) < 4.78 is 0. The lowest BCUT2D eigenvalue weighted by molar-refractivity contribution is 1.31. The largest absolute Gasteiger partial charge is 0.345 e. The third-order valence-corrected chi connectivity index (χ3v) is 4.21. The summed E-state index contributed by atoms with van der Waals surface area (Å²) in [4.78, 5) is 16.8. The van der Waals surface area contributed by atoms with Gasteiger partial charge in [0.25, 0.3) is 0 Å². The molecule has 4 heteroatoms. The molecule has 3 aromatic heterocycles. The zero-order chi connectivity index (χ0) is 15.2. The average Bonchev–Trinajstić information content (AvgIpc) is 2.98. The number of fused-ring (bicyclic) bond motifs is 2. The minimum atomic E-state index is 0.885. The highest BCUT2D eigenvalue weighted by atomic mass is 14.9. The molecular weight excluding hydrogens is 284 g/mol. The van der Waals surface area contributed by atoms with Crippen LogP contribution in [-0.2, 0) is 0 Å². The summed E-state index contributed by atoms with van der Waals surface area (Å²) >= 11 is 0. The van der Waals surface area contributed by atoms with Gasteiger partial charge in [-0.05, 0) is 29.8 Å². The van der Waals surface area contributed by atoms with Gasteiger partial charge < -0.3 is 4.98 Å². The molecule has 1 N–H and O–H groups in total. The number of benzene rings is 1. The fourth-order valence-electron chi connectivity index (χ4n) is 3.18. The Morgan fingerprint density at radius 2 is 1.65 bits per heavy atom. The van der Waals surface area contributed by atoms with E-state index in [1.54, 1.807) is 12.4 Å². The summed E-state index contributed by atoms with van der Waals surface area (Å²) in [6, 6.07) is 14.3. The predicted octanol–water partition coefficient (Wildman–Crippen LogP) is 4.11. The van der Waals surface area contributed by atoms with Crippen LogP contribution >= 0.6 is 0 Å². The first kappa shape index (κ1) is 12.3. The van der Waals surface area contributed by atoms with Crippen molar-refractivity contribution in [1.29, 1.82) is 0 Å². The van der Waals surface area contributed by atoms with Crippen LogP contribution in [0.5, 0.6) is 0 Å². The standard InChI is InChI=1S/C19H12N4/c1-2-4-16-13(3-1)14-7-10-21-19-17(14)15(11-22-19)18(23-16)12-5-8-20-9-6-12/h1-11H,(H,21,22). The van der Waals surface area contributed by atoms with Crippen molar-refractivity contribution in [2.75, 3.05) is 0 Å². The minimum absolute atomic E-state index is 0.885. The number of para-hydroxylation sites is 1. The molecule has 23 heavy (non-hydrogen) atoms. The van der Waals surface area contributed by atoms with E-state index in [0.717, 1.165) is 44.7 Å². The summed E-state index contributed by atoms with van der Waals surface area (Å²) in [5.74, 6) is 0. The van der Waals surface area contributed by atoms with Gasteiger partial charge in [0, 0.05) is 46.9 Å². The molecular formula is C19H12N4. The Morgan fingerprint density at radius 3 is 2.57 bits per heavy atom. The second-order valence-electron chi connectivity index (χ2n) is 5.50. The van der Waals surface area contributed by atoms with Crippen LogP contribution in [0.25, 0.3) is 22.2 Å². The van der Waals surface area contributed by atoms with Crippen molar-refractivity contribution in [1.82, 2.24) is 15.0 Å². The van der Waals surface area contributed by atoms with Crippen molar-refractivity contribution < 1.29 is 0 Å². The number of pyridine rings is 2. The predicted molar refractivity (Wildman–Crippen MR) is 91.1 cm³/mol. The molecule has 1 aliphatic rings. The monoisotopic (exact) mass is 296 g/mol. The molecule has 0 saturated carbocycles. The van der Waals surface area contributed by atoms with Gasteiger partial charge in [0.15, 0.2) is 0 Å². The fraction of sp³-hybridized carbons (Fsp3) is 0. The quantitative estimate of drug-likeness (QED) is 0.506. The minimum Gasteiger partial charge on any atom is -0.345 e. The van der Waals surface area contributed by atoms with Gasteiger partial charge in [0.05, 0.1) is 11.4 Å². The second-order valence-corrected chi connectivity index (χ2v) is 5.50. The number of nitrogens with one attached hydrogen (secondary N) is 1. The van der Waals surface area contributed by atoms with Crippen LogP contribution in [0.1, 0.15) is 11.1 Å². The zero-order valence-corrected chi connectivity index (χ0v) is 12.2. The second kappa shape index (κ2) is 4.61.